The second-order valence-electron chi connectivity index (χ2n) is 2.47. The Hall–Kier alpha value is -1.63. The van der Waals surface area contributed by atoms with Crippen molar-refractivity contribution >= 4 is 18.3 Å². The molecule has 1 aromatic carbocycles. The van der Waals surface area contributed by atoms with Gasteiger partial charge in [0.2, 0.25) is 0 Å². The average Bonchev–Trinajstić information content (AvgIpc) is 2.16. The molecule has 0 saturated carbocycles. The average molecular weight is 214 g/mol. The Balaban J connectivity index is 3.19. The minimum Gasteiger partial charge on any atom is -0.263 e. The molecule has 0 heterocycles. The summed E-state index contributed by atoms with van der Waals surface area (Å²) in [6, 6.07) is 5.47. The van der Waals surface area contributed by atoms with Gasteiger partial charge in [0.1, 0.15) is 5.56 Å². The van der Waals surface area contributed by atoms with E-state index in [-0.39, 0.29) is 11.3 Å². The smallest absolute Gasteiger partial charge is 0.263 e. The standard InChI is InChI=1S/C7H6N2O4S/c10-8(11)6-4-2-1-3-5(6)7(14)9(12)13/h1-4,7,14H. The molecule has 0 aliphatic carbocycles. The van der Waals surface area contributed by atoms with Crippen molar-refractivity contribution in [2.75, 3.05) is 0 Å². The number of thiol groups is 1. The Morgan fingerprint density at radius 1 is 1.21 bits per heavy atom. The predicted molar refractivity (Wildman–Crippen MR) is 51.8 cm³/mol. The third kappa shape index (κ3) is 1.99. The third-order valence-electron chi connectivity index (χ3n) is 1.61. The number of hydrogen-bond acceptors (Lipinski definition) is 5. The molecule has 7 heteroatoms. The zero-order chi connectivity index (χ0) is 10.7. The van der Waals surface area contributed by atoms with Crippen molar-refractivity contribution in [3.63, 3.8) is 0 Å². The molecule has 0 N–H and O–H groups in total. The Morgan fingerprint density at radius 3 is 2.29 bits per heavy atom. The van der Waals surface area contributed by atoms with Gasteiger partial charge in [-0.05, 0) is 6.07 Å². The fourth-order valence-corrected chi connectivity index (χ4v) is 1.20. The Labute approximate surface area is 84.3 Å². The summed E-state index contributed by atoms with van der Waals surface area (Å²) in [5.41, 5.74) is -0.296. The van der Waals surface area contributed by atoms with Crippen LogP contribution in [0, 0.1) is 20.2 Å². The van der Waals surface area contributed by atoms with Gasteiger partial charge in [0.25, 0.3) is 11.1 Å². The van der Waals surface area contributed by atoms with E-state index < -0.39 is 15.2 Å². The molecule has 0 saturated heterocycles. The van der Waals surface area contributed by atoms with Crippen LogP contribution in [0.3, 0.4) is 0 Å². The molecular weight excluding hydrogens is 208 g/mol. The van der Waals surface area contributed by atoms with Crippen molar-refractivity contribution in [3.05, 3.63) is 50.1 Å². The van der Waals surface area contributed by atoms with E-state index in [9.17, 15) is 20.2 Å². The van der Waals surface area contributed by atoms with Crippen molar-refractivity contribution in [3.8, 4) is 0 Å². The van der Waals surface area contributed by atoms with Crippen LogP contribution in [0.25, 0.3) is 0 Å². The SMILES string of the molecule is O=[N+]([O-])c1ccccc1C(S)[N+](=O)[O-]. The van der Waals surface area contributed by atoms with Gasteiger partial charge in [0, 0.05) is 11.0 Å². The van der Waals surface area contributed by atoms with Gasteiger partial charge in [-0.25, -0.2) is 0 Å². The molecule has 1 atom stereocenters. The largest absolute Gasteiger partial charge is 0.287 e. The summed E-state index contributed by atoms with van der Waals surface area (Å²) in [7, 11) is 0. The molecular formula is C7H6N2O4S. The van der Waals surface area contributed by atoms with Crippen LogP contribution < -0.4 is 0 Å². The van der Waals surface area contributed by atoms with Crippen LogP contribution in [0.5, 0.6) is 0 Å². The summed E-state index contributed by atoms with van der Waals surface area (Å²) in [5.74, 6) is 0. The first-order chi connectivity index (χ1) is 6.54. The van der Waals surface area contributed by atoms with Crippen LogP contribution in [0.2, 0.25) is 0 Å². The topological polar surface area (TPSA) is 86.3 Å². The summed E-state index contributed by atoms with van der Waals surface area (Å²) >= 11 is 3.68. The van der Waals surface area contributed by atoms with Crippen LogP contribution in [-0.4, -0.2) is 9.85 Å². The second kappa shape index (κ2) is 4.05. The van der Waals surface area contributed by atoms with Gasteiger partial charge in [0.15, 0.2) is 0 Å². The van der Waals surface area contributed by atoms with Gasteiger partial charge in [0.05, 0.1) is 4.92 Å². The van der Waals surface area contributed by atoms with Gasteiger partial charge >= 0.3 is 0 Å². The highest BCUT2D eigenvalue weighted by Gasteiger charge is 2.26. The lowest BCUT2D eigenvalue weighted by Gasteiger charge is -2.02. The van der Waals surface area contributed by atoms with Crippen molar-refractivity contribution in [1.29, 1.82) is 0 Å². The highest BCUT2D eigenvalue weighted by molar-refractivity contribution is 7.80. The molecule has 0 aliphatic rings. The number of benzene rings is 1. The molecule has 0 bridgehead atoms. The second-order valence-corrected chi connectivity index (χ2v) is 2.96. The normalized spacial score (nSPS) is 12.1. The Morgan fingerprint density at radius 2 is 1.79 bits per heavy atom. The highest BCUT2D eigenvalue weighted by atomic mass is 32.1. The molecule has 0 fully saturated rings. The van der Waals surface area contributed by atoms with E-state index in [1.807, 2.05) is 0 Å². The molecule has 0 aliphatic heterocycles. The lowest BCUT2D eigenvalue weighted by atomic mass is 10.2. The van der Waals surface area contributed by atoms with Crippen molar-refractivity contribution in [1.82, 2.24) is 0 Å². The number of nitrogens with zero attached hydrogens (tertiary/aromatic N) is 2. The molecule has 0 spiro atoms. The number of para-hydroxylation sites is 1. The summed E-state index contributed by atoms with van der Waals surface area (Å²) in [4.78, 5) is 19.5. The monoisotopic (exact) mass is 214 g/mol. The molecule has 14 heavy (non-hydrogen) atoms. The molecule has 1 unspecified atom stereocenters. The maximum Gasteiger partial charge on any atom is 0.287 e. The first kappa shape index (κ1) is 10.5. The molecule has 1 rings (SSSR count). The van der Waals surface area contributed by atoms with Gasteiger partial charge in [-0.15, -0.1) is 0 Å². The summed E-state index contributed by atoms with van der Waals surface area (Å²) < 4.78 is 0. The molecule has 0 aromatic heterocycles. The fourth-order valence-electron chi connectivity index (χ4n) is 0.986. The maximum absolute atomic E-state index is 10.5. The first-order valence-electron chi connectivity index (χ1n) is 3.59. The molecule has 1 aromatic rings. The van der Waals surface area contributed by atoms with E-state index in [0.29, 0.717) is 0 Å². The van der Waals surface area contributed by atoms with Crippen molar-refractivity contribution in [2.45, 2.75) is 5.37 Å². The molecule has 6 nitrogen and oxygen atoms in total. The van der Waals surface area contributed by atoms with E-state index in [1.165, 1.54) is 24.3 Å². The Bertz CT molecular complexity index is 382. The lowest BCUT2D eigenvalue weighted by molar-refractivity contribution is -0.501. The van der Waals surface area contributed by atoms with Crippen LogP contribution in [-0.2, 0) is 0 Å². The van der Waals surface area contributed by atoms with Crippen molar-refractivity contribution in [2.24, 2.45) is 0 Å². The molecule has 74 valence electrons. The van der Waals surface area contributed by atoms with Crippen LogP contribution >= 0.6 is 12.6 Å². The first-order valence-corrected chi connectivity index (χ1v) is 4.10. The van der Waals surface area contributed by atoms with Crippen molar-refractivity contribution < 1.29 is 9.85 Å². The van der Waals surface area contributed by atoms with Gasteiger partial charge < -0.3 is 0 Å². The zero-order valence-electron chi connectivity index (χ0n) is 6.86. The van der Waals surface area contributed by atoms with Gasteiger partial charge in [-0.1, -0.05) is 24.8 Å². The van der Waals surface area contributed by atoms with Crippen LogP contribution in [0.15, 0.2) is 24.3 Å². The molecule has 0 radical (unpaired) electrons. The lowest BCUT2D eigenvalue weighted by Crippen LogP contribution is -2.06. The minimum absolute atomic E-state index is 0.00849. The molecule has 0 amide bonds. The maximum atomic E-state index is 10.5. The van der Waals surface area contributed by atoms with E-state index >= 15 is 0 Å². The summed E-state index contributed by atoms with van der Waals surface area (Å²) in [5, 5.41) is 19.5. The van der Waals surface area contributed by atoms with Crippen LogP contribution in [0.1, 0.15) is 10.9 Å². The number of rotatable bonds is 3. The van der Waals surface area contributed by atoms with Gasteiger partial charge in [-0.3, -0.25) is 20.2 Å². The summed E-state index contributed by atoms with van der Waals surface area (Å²) in [6.45, 7) is 0. The number of nitro benzene ring substituents is 1. The van der Waals surface area contributed by atoms with E-state index in [1.54, 1.807) is 0 Å². The third-order valence-corrected chi connectivity index (χ3v) is 2.08. The summed E-state index contributed by atoms with van der Waals surface area (Å²) in [6.07, 6.45) is 0. The number of hydrogen-bond donors (Lipinski definition) is 1. The van der Waals surface area contributed by atoms with E-state index in [0.717, 1.165) is 0 Å². The van der Waals surface area contributed by atoms with E-state index in [4.69, 9.17) is 0 Å². The van der Waals surface area contributed by atoms with Crippen LogP contribution in [0.4, 0.5) is 5.69 Å². The predicted octanol–water partition coefficient (Wildman–Crippen LogP) is 1.80. The minimum atomic E-state index is -1.36. The van der Waals surface area contributed by atoms with E-state index in [2.05, 4.69) is 12.6 Å². The fraction of sp³-hybridized carbons (Fsp3) is 0.143. The quantitative estimate of drug-likeness (QED) is 0.359. The Kier molecular flexibility index (Phi) is 3.03. The highest BCUT2D eigenvalue weighted by Crippen LogP contribution is 2.28. The number of nitro groups is 2. The zero-order valence-corrected chi connectivity index (χ0v) is 7.76. The van der Waals surface area contributed by atoms with Gasteiger partial charge in [-0.2, -0.15) is 0 Å².